The molecule has 1 N–H and O–H groups in total. The van der Waals surface area contributed by atoms with Crippen molar-refractivity contribution in [3.63, 3.8) is 0 Å². The van der Waals surface area contributed by atoms with Crippen molar-refractivity contribution in [1.29, 1.82) is 0 Å². The zero-order valence-electron chi connectivity index (χ0n) is 12.4. The summed E-state index contributed by atoms with van der Waals surface area (Å²) in [4.78, 5) is 0. The number of nitrogens with zero attached hydrogens (tertiary/aromatic N) is 2. The van der Waals surface area contributed by atoms with Crippen LogP contribution >= 0.6 is 11.6 Å². The molecule has 0 aliphatic heterocycles. The number of halogens is 1. The lowest BCUT2D eigenvalue weighted by Gasteiger charge is -2.17. The maximum atomic E-state index is 6.12. The van der Waals surface area contributed by atoms with E-state index in [9.17, 15) is 0 Å². The molecule has 0 saturated heterocycles. The molecule has 0 spiro atoms. The average Bonchev–Trinajstić information content (AvgIpc) is 2.88. The highest BCUT2D eigenvalue weighted by molar-refractivity contribution is 6.31. The lowest BCUT2D eigenvalue weighted by Crippen LogP contribution is -2.21. The van der Waals surface area contributed by atoms with Crippen LogP contribution < -0.4 is 5.32 Å². The smallest absolute Gasteiger partial charge is 0.0607 e. The monoisotopic (exact) mass is 291 g/mol. The van der Waals surface area contributed by atoms with Gasteiger partial charge < -0.3 is 5.32 Å². The van der Waals surface area contributed by atoms with Gasteiger partial charge in [-0.25, -0.2) is 0 Å². The zero-order valence-corrected chi connectivity index (χ0v) is 13.1. The number of rotatable bonds is 6. The van der Waals surface area contributed by atoms with Crippen molar-refractivity contribution < 1.29 is 0 Å². The third-order valence-corrected chi connectivity index (χ3v) is 3.79. The van der Waals surface area contributed by atoms with Crippen LogP contribution in [0.1, 0.15) is 43.0 Å². The molecule has 0 fully saturated rings. The Kier molecular flexibility index (Phi) is 5.21. The molecule has 4 heteroatoms. The van der Waals surface area contributed by atoms with Gasteiger partial charge in [0.25, 0.3) is 0 Å². The molecule has 2 aromatic rings. The first-order valence-electron chi connectivity index (χ1n) is 7.17. The molecule has 1 aromatic heterocycles. The molecule has 108 valence electrons. The van der Waals surface area contributed by atoms with Crippen molar-refractivity contribution in [3.05, 3.63) is 52.3 Å². The van der Waals surface area contributed by atoms with Crippen molar-refractivity contribution in [1.82, 2.24) is 15.1 Å². The summed E-state index contributed by atoms with van der Waals surface area (Å²) in [5.74, 6) is 0. The average molecular weight is 292 g/mol. The van der Waals surface area contributed by atoms with E-state index >= 15 is 0 Å². The minimum atomic E-state index is 0.168. The Labute approximate surface area is 126 Å². The summed E-state index contributed by atoms with van der Waals surface area (Å²) in [6.07, 6.45) is 5.17. The largest absolute Gasteiger partial charge is 0.306 e. The molecular weight excluding hydrogens is 270 g/mol. The Bertz CT molecular complexity index is 563. The lowest BCUT2D eigenvalue weighted by atomic mass is 10.00. The molecule has 0 bridgehead atoms. The Morgan fingerprint density at radius 3 is 2.75 bits per heavy atom. The van der Waals surface area contributed by atoms with Gasteiger partial charge in [-0.05, 0) is 37.1 Å². The molecule has 2 rings (SSSR count). The van der Waals surface area contributed by atoms with E-state index in [-0.39, 0.29) is 6.04 Å². The van der Waals surface area contributed by atoms with E-state index in [0.29, 0.717) is 0 Å². The maximum Gasteiger partial charge on any atom is 0.0607 e. The van der Waals surface area contributed by atoms with E-state index in [1.807, 2.05) is 23.9 Å². The van der Waals surface area contributed by atoms with Gasteiger partial charge in [-0.15, -0.1) is 0 Å². The van der Waals surface area contributed by atoms with Gasteiger partial charge in [-0.3, -0.25) is 4.68 Å². The predicted molar refractivity (Wildman–Crippen MR) is 84.2 cm³/mol. The fourth-order valence-electron chi connectivity index (χ4n) is 2.36. The van der Waals surface area contributed by atoms with Crippen LogP contribution in [0.15, 0.2) is 30.6 Å². The topological polar surface area (TPSA) is 29.9 Å². The summed E-state index contributed by atoms with van der Waals surface area (Å²) in [6, 6.07) is 6.36. The minimum absolute atomic E-state index is 0.168. The SMILES string of the molecule is CCCn1cc(C(NCC)c2ccc(Cl)c(C)c2)cn1. The van der Waals surface area contributed by atoms with Gasteiger partial charge in [-0.1, -0.05) is 37.6 Å². The van der Waals surface area contributed by atoms with Crippen molar-refractivity contribution >= 4 is 11.6 Å². The van der Waals surface area contributed by atoms with Crippen LogP contribution in [-0.2, 0) is 6.54 Å². The van der Waals surface area contributed by atoms with Gasteiger partial charge in [0.2, 0.25) is 0 Å². The van der Waals surface area contributed by atoms with Crippen LogP contribution in [0.3, 0.4) is 0 Å². The summed E-state index contributed by atoms with van der Waals surface area (Å²) in [6.45, 7) is 8.18. The maximum absolute atomic E-state index is 6.12. The number of hydrogen-bond donors (Lipinski definition) is 1. The van der Waals surface area contributed by atoms with E-state index in [1.54, 1.807) is 0 Å². The Balaban J connectivity index is 2.31. The first kappa shape index (κ1) is 15.1. The summed E-state index contributed by atoms with van der Waals surface area (Å²) in [5, 5.41) is 8.76. The molecule has 1 aromatic carbocycles. The quantitative estimate of drug-likeness (QED) is 0.873. The number of aromatic nitrogens is 2. The minimum Gasteiger partial charge on any atom is -0.306 e. The molecule has 0 radical (unpaired) electrons. The summed E-state index contributed by atoms with van der Waals surface area (Å²) >= 11 is 6.12. The van der Waals surface area contributed by atoms with E-state index in [1.165, 1.54) is 11.1 Å². The van der Waals surface area contributed by atoms with Crippen molar-refractivity contribution in [2.24, 2.45) is 0 Å². The fraction of sp³-hybridized carbons (Fsp3) is 0.438. The molecule has 1 atom stereocenters. The molecule has 20 heavy (non-hydrogen) atoms. The lowest BCUT2D eigenvalue weighted by molar-refractivity contribution is 0.597. The number of nitrogens with one attached hydrogen (secondary N) is 1. The standard InChI is InChI=1S/C16H22ClN3/c1-4-8-20-11-14(10-19-20)16(18-5-2)13-6-7-15(17)12(3)9-13/h6-7,9-11,16,18H,4-5,8H2,1-3H3. The van der Waals surface area contributed by atoms with Crippen LogP contribution in [0.25, 0.3) is 0 Å². The van der Waals surface area contributed by atoms with E-state index in [4.69, 9.17) is 11.6 Å². The fourth-order valence-corrected chi connectivity index (χ4v) is 2.48. The van der Waals surface area contributed by atoms with Crippen LogP contribution in [0.5, 0.6) is 0 Å². The molecular formula is C16H22ClN3. The van der Waals surface area contributed by atoms with Crippen molar-refractivity contribution in [2.45, 2.75) is 39.8 Å². The molecule has 0 saturated carbocycles. The van der Waals surface area contributed by atoms with Gasteiger partial charge >= 0.3 is 0 Å². The van der Waals surface area contributed by atoms with Crippen LogP contribution in [-0.4, -0.2) is 16.3 Å². The van der Waals surface area contributed by atoms with Crippen LogP contribution in [0.2, 0.25) is 5.02 Å². The normalized spacial score (nSPS) is 12.6. The van der Waals surface area contributed by atoms with Crippen molar-refractivity contribution in [2.75, 3.05) is 6.54 Å². The third kappa shape index (κ3) is 3.41. The van der Waals surface area contributed by atoms with Crippen LogP contribution in [0.4, 0.5) is 0 Å². The summed E-state index contributed by atoms with van der Waals surface area (Å²) in [7, 11) is 0. The number of aryl methyl sites for hydroxylation is 2. The molecule has 3 nitrogen and oxygen atoms in total. The highest BCUT2D eigenvalue weighted by Gasteiger charge is 2.15. The zero-order chi connectivity index (χ0) is 14.5. The van der Waals surface area contributed by atoms with E-state index in [0.717, 1.165) is 30.1 Å². The Morgan fingerprint density at radius 1 is 1.30 bits per heavy atom. The van der Waals surface area contributed by atoms with Gasteiger partial charge in [0.05, 0.1) is 12.2 Å². The predicted octanol–water partition coefficient (Wildman–Crippen LogP) is 3.95. The molecule has 0 aliphatic carbocycles. The Hall–Kier alpha value is -1.32. The molecule has 0 amide bonds. The van der Waals surface area contributed by atoms with Crippen molar-refractivity contribution in [3.8, 4) is 0 Å². The Morgan fingerprint density at radius 2 is 2.10 bits per heavy atom. The third-order valence-electron chi connectivity index (χ3n) is 3.36. The van der Waals surface area contributed by atoms with E-state index in [2.05, 4.69) is 42.6 Å². The number of hydrogen-bond acceptors (Lipinski definition) is 2. The van der Waals surface area contributed by atoms with Gasteiger partial charge in [0.15, 0.2) is 0 Å². The molecule has 1 unspecified atom stereocenters. The van der Waals surface area contributed by atoms with Gasteiger partial charge in [-0.2, -0.15) is 5.10 Å². The van der Waals surface area contributed by atoms with Crippen LogP contribution in [0, 0.1) is 6.92 Å². The first-order valence-corrected chi connectivity index (χ1v) is 7.55. The second-order valence-electron chi connectivity index (χ2n) is 5.04. The first-order chi connectivity index (χ1) is 9.65. The molecule has 0 aliphatic rings. The van der Waals surface area contributed by atoms with Gasteiger partial charge in [0.1, 0.15) is 0 Å². The summed E-state index contributed by atoms with van der Waals surface area (Å²) in [5.41, 5.74) is 3.53. The number of benzene rings is 1. The second kappa shape index (κ2) is 6.91. The van der Waals surface area contributed by atoms with E-state index < -0.39 is 0 Å². The highest BCUT2D eigenvalue weighted by atomic mass is 35.5. The highest BCUT2D eigenvalue weighted by Crippen LogP contribution is 2.25. The summed E-state index contributed by atoms with van der Waals surface area (Å²) < 4.78 is 2.00. The van der Waals surface area contributed by atoms with Gasteiger partial charge in [0, 0.05) is 23.3 Å². The molecule has 1 heterocycles. The second-order valence-corrected chi connectivity index (χ2v) is 5.44.